The van der Waals surface area contributed by atoms with Crippen LogP contribution in [0, 0.1) is 5.82 Å². The summed E-state index contributed by atoms with van der Waals surface area (Å²) in [5.41, 5.74) is 2.00. The highest BCUT2D eigenvalue weighted by Gasteiger charge is 2.15. The third-order valence-electron chi connectivity index (χ3n) is 3.56. The summed E-state index contributed by atoms with van der Waals surface area (Å²) in [5, 5.41) is 3.59. The second-order valence-electron chi connectivity index (χ2n) is 4.85. The van der Waals surface area contributed by atoms with Crippen LogP contribution in [0.3, 0.4) is 0 Å². The lowest BCUT2D eigenvalue weighted by molar-refractivity contribution is 0.0954. The van der Waals surface area contributed by atoms with Crippen molar-refractivity contribution in [1.82, 2.24) is 9.88 Å². The number of carbonyl (C=O) groups excluding carboxylic acids is 1. The van der Waals surface area contributed by atoms with Gasteiger partial charge in [0, 0.05) is 23.5 Å². The standard InChI is InChI=1S/C17H15FN2O/c1-19-17(21)16-10-12-6-3-5-9-15(12)20(16)11-13-7-2-4-8-14(13)18/h2-10H,11H2,1H3,(H,19,21). The molecule has 0 unspecified atom stereocenters. The molecule has 1 N–H and O–H groups in total. The molecular formula is C17H15FN2O. The lowest BCUT2D eigenvalue weighted by Gasteiger charge is -2.10. The molecule has 1 aromatic heterocycles. The quantitative estimate of drug-likeness (QED) is 0.786. The van der Waals surface area contributed by atoms with E-state index < -0.39 is 0 Å². The van der Waals surface area contributed by atoms with Crippen molar-refractivity contribution in [2.45, 2.75) is 6.54 Å². The maximum absolute atomic E-state index is 13.9. The highest BCUT2D eigenvalue weighted by atomic mass is 19.1. The third kappa shape index (κ3) is 2.40. The van der Waals surface area contributed by atoms with Gasteiger partial charge >= 0.3 is 0 Å². The van der Waals surface area contributed by atoms with Gasteiger partial charge in [-0.2, -0.15) is 0 Å². The monoisotopic (exact) mass is 282 g/mol. The average molecular weight is 282 g/mol. The van der Waals surface area contributed by atoms with Gasteiger partial charge < -0.3 is 9.88 Å². The topological polar surface area (TPSA) is 34.0 Å². The van der Waals surface area contributed by atoms with E-state index in [-0.39, 0.29) is 11.7 Å². The van der Waals surface area contributed by atoms with Crippen molar-refractivity contribution < 1.29 is 9.18 Å². The van der Waals surface area contributed by atoms with Crippen LogP contribution in [0.4, 0.5) is 4.39 Å². The van der Waals surface area contributed by atoms with Gasteiger partial charge in [0.2, 0.25) is 0 Å². The molecule has 0 radical (unpaired) electrons. The molecular weight excluding hydrogens is 267 g/mol. The minimum Gasteiger partial charge on any atom is -0.354 e. The molecule has 0 aliphatic carbocycles. The van der Waals surface area contributed by atoms with E-state index in [9.17, 15) is 9.18 Å². The van der Waals surface area contributed by atoms with Crippen molar-refractivity contribution in [1.29, 1.82) is 0 Å². The Morgan fingerprint density at radius 1 is 1.14 bits per heavy atom. The summed E-state index contributed by atoms with van der Waals surface area (Å²) in [4.78, 5) is 12.1. The molecule has 3 aromatic rings. The smallest absolute Gasteiger partial charge is 0.267 e. The van der Waals surface area contributed by atoms with E-state index in [2.05, 4.69) is 5.32 Å². The first kappa shape index (κ1) is 13.4. The number of fused-ring (bicyclic) bond motifs is 1. The van der Waals surface area contributed by atoms with E-state index in [1.165, 1.54) is 6.07 Å². The Kier molecular flexibility index (Phi) is 3.44. The largest absolute Gasteiger partial charge is 0.354 e. The molecule has 1 heterocycles. The SMILES string of the molecule is CNC(=O)c1cc2ccccc2n1Cc1ccccc1F. The summed E-state index contributed by atoms with van der Waals surface area (Å²) in [6.07, 6.45) is 0. The first-order valence-corrected chi connectivity index (χ1v) is 6.74. The van der Waals surface area contributed by atoms with Crippen LogP contribution in [0.2, 0.25) is 0 Å². The Morgan fingerprint density at radius 2 is 1.86 bits per heavy atom. The summed E-state index contributed by atoms with van der Waals surface area (Å²) < 4.78 is 15.7. The predicted molar refractivity (Wildman–Crippen MR) is 80.8 cm³/mol. The molecule has 0 aliphatic heterocycles. The molecule has 0 saturated heterocycles. The number of hydrogen-bond acceptors (Lipinski definition) is 1. The summed E-state index contributed by atoms with van der Waals surface area (Å²) in [5.74, 6) is -0.444. The number of amides is 1. The Balaban J connectivity index is 2.15. The van der Waals surface area contributed by atoms with Gasteiger partial charge in [-0.3, -0.25) is 4.79 Å². The van der Waals surface area contributed by atoms with Crippen LogP contribution in [0.5, 0.6) is 0 Å². The van der Waals surface area contributed by atoms with Crippen LogP contribution in [0.1, 0.15) is 16.1 Å². The van der Waals surface area contributed by atoms with E-state index >= 15 is 0 Å². The Hall–Kier alpha value is -2.62. The zero-order valence-electron chi connectivity index (χ0n) is 11.6. The number of nitrogens with one attached hydrogen (secondary N) is 1. The molecule has 0 aliphatic rings. The normalized spacial score (nSPS) is 10.8. The van der Waals surface area contributed by atoms with Crippen LogP contribution in [-0.4, -0.2) is 17.5 Å². The van der Waals surface area contributed by atoms with Crippen molar-refractivity contribution in [3.63, 3.8) is 0 Å². The maximum atomic E-state index is 13.9. The van der Waals surface area contributed by atoms with E-state index in [1.807, 2.05) is 34.9 Å². The maximum Gasteiger partial charge on any atom is 0.267 e. The molecule has 106 valence electrons. The molecule has 21 heavy (non-hydrogen) atoms. The van der Waals surface area contributed by atoms with Crippen molar-refractivity contribution in [3.8, 4) is 0 Å². The summed E-state index contributed by atoms with van der Waals surface area (Å²) in [6.45, 7) is 0.322. The number of halogens is 1. The van der Waals surface area contributed by atoms with Gasteiger partial charge in [0.05, 0.1) is 6.54 Å². The average Bonchev–Trinajstić information content (AvgIpc) is 2.88. The Bertz CT molecular complexity index is 807. The van der Waals surface area contributed by atoms with Crippen LogP contribution in [0.25, 0.3) is 10.9 Å². The van der Waals surface area contributed by atoms with Crippen molar-refractivity contribution in [3.05, 3.63) is 71.7 Å². The van der Waals surface area contributed by atoms with Crippen LogP contribution < -0.4 is 5.32 Å². The fraction of sp³-hybridized carbons (Fsp3) is 0.118. The molecule has 4 heteroatoms. The fourth-order valence-corrected chi connectivity index (χ4v) is 2.49. The van der Waals surface area contributed by atoms with Crippen LogP contribution in [0.15, 0.2) is 54.6 Å². The Morgan fingerprint density at radius 3 is 2.62 bits per heavy atom. The minimum atomic E-state index is -0.266. The molecule has 0 atom stereocenters. The number of hydrogen-bond donors (Lipinski definition) is 1. The van der Waals surface area contributed by atoms with Gasteiger partial charge in [0.25, 0.3) is 5.91 Å². The van der Waals surface area contributed by atoms with Gasteiger partial charge in [-0.15, -0.1) is 0 Å². The van der Waals surface area contributed by atoms with E-state index in [4.69, 9.17) is 0 Å². The van der Waals surface area contributed by atoms with Crippen molar-refractivity contribution in [2.75, 3.05) is 7.05 Å². The molecule has 0 bridgehead atoms. The first-order valence-electron chi connectivity index (χ1n) is 6.74. The molecule has 2 aromatic carbocycles. The highest BCUT2D eigenvalue weighted by Crippen LogP contribution is 2.22. The molecule has 3 rings (SSSR count). The van der Waals surface area contributed by atoms with Gasteiger partial charge in [-0.1, -0.05) is 36.4 Å². The molecule has 0 saturated carbocycles. The zero-order valence-corrected chi connectivity index (χ0v) is 11.6. The van der Waals surface area contributed by atoms with Gasteiger partial charge in [-0.25, -0.2) is 4.39 Å². The van der Waals surface area contributed by atoms with Gasteiger partial charge in [0.15, 0.2) is 0 Å². The van der Waals surface area contributed by atoms with Gasteiger partial charge in [0.1, 0.15) is 11.5 Å². The second kappa shape index (κ2) is 5.40. The fourth-order valence-electron chi connectivity index (χ4n) is 2.49. The summed E-state index contributed by atoms with van der Waals surface area (Å²) in [6, 6.07) is 16.2. The van der Waals surface area contributed by atoms with E-state index in [0.29, 0.717) is 17.8 Å². The predicted octanol–water partition coefficient (Wildman–Crippen LogP) is 3.19. The molecule has 0 spiro atoms. The zero-order chi connectivity index (χ0) is 14.8. The minimum absolute atomic E-state index is 0.178. The number of nitrogens with zero attached hydrogens (tertiary/aromatic N) is 1. The Labute approximate surface area is 122 Å². The number of para-hydroxylation sites is 1. The first-order chi connectivity index (χ1) is 10.2. The van der Waals surface area contributed by atoms with E-state index in [1.54, 1.807) is 25.2 Å². The molecule has 1 amide bonds. The van der Waals surface area contributed by atoms with E-state index in [0.717, 1.165) is 10.9 Å². The number of carbonyl (C=O) groups is 1. The summed E-state index contributed by atoms with van der Waals surface area (Å²) >= 11 is 0. The van der Waals surface area contributed by atoms with Crippen molar-refractivity contribution in [2.24, 2.45) is 0 Å². The third-order valence-corrected chi connectivity index (χ3v) is 3.56. The molecule has 0 fully saturated rings. The number of benzene rings is 2. The molecule has 3 nitrogen and oxygen atoms in total. The summed E-state index contributed by atoms with van der Waals surface area (Å²) in [7, 11) is 1.59. The second-order valence-corrected chi connectivity index (χ2v) is 4.85. The van der Waals surface area contributed by atoms with Crippen molar-refractivity contribution >= 4 is 16.8 Å². The highest BCUT2D eigenvalue weighted by molar-refractivity contribution is 5.98. The number of rotatable bonds is 3. The van der Waals surface area contributed by atoms with Crippen LogP contribution in [-0.2, 0) is 6.54 Å². The number of aromatic nitrogens is 1. The lowest BCUT2D eigenvalue weighted by Crippen LogP contribution is -2.22. The van der Waals surface area contributed by atoms with Crippen LogP contribution >= 0.6 is 0 Å². The van der Waals surface area contributed by atoms with Gasteiger partial charge in [-0.05, 0) is 18.2 Å². The lowest BCUT2D eigenvalue weighted by atomic mass is 10.2.